The third-order valence-corrected chi connectivity index (χ3v) is 5.18. The molecule has 6 nitrogen and oxygen atoms in total. The number of oxazole rings is 1. The fourth-order valence-electron chi connectivity index (χ4n) is 3.73. The Morgan fingerprint density at radius 2 is 2.19 bits per heavy atom. The minimum Gasteiger partial charge on any atom is -0.449 e. The van der Waals surface area contributed by atoms with Gasteiger partial charge in [-0.3, -0.25) is 9.78 Å². The fraction of sp³-hybridized carbons (Fsp3) is 0.500. The standard InChI is InChI=1S/C20H25N3O3/c24-13-2-4-18(20-22-10-14-26-20)17-7-11-23(12-8-17)19(25)6-5-16-3-1-9-21-15-16/h1,3,9-10,13-15,17-18H,2,4-8,11-12H2. The largest absolute Gasteiger partial charge is 0.449 e. The van der Waals surface area contributed by atoms with E-state index in [0.717, 1.165) is 50.6 Å². The van der Waals surface area contributed by atoms with Crippen molar-refractivity contribution < 1.29 is 14.0 Å². The lowest BCUT2D eigenvalue weighted by atomic mass is 9.81. The summed E-state index contributed by atoms with van der Waals surface area (Å²) in [6, 6.07) is 3.90. The molecule has 2 aromatic rings. The Morgan fingerprint density at radius 3 is 2.85 bits per heavy atom. The number of likely N-dealkylation sites (tertiary alicyclic amines) is 1. The van der Waals surface area contributed by atoms with Gasteiger partial charge in [-0.15, -0.1) is 0 Å². The molecule has 1 amide bonds. The lowest BCUT2D eigenvalue weighted by Gasteiger charge is -2.35. The van der Waals surface area contributed by atoms with Gasteiger partial charge >= 0.3 is 0 Å². The van der Waals surface area contributed by atoms with E-state index in [-0.39, 0.29) is 11.8 Å². The summed E-state index contributed by atoms with van der Waals surface area (Å²) in [4.78, 5) is 33.6. The van der Waals surface area contributed by atoms with E-state index >= 15 is 0 Å². The van der Waals surface area contributed by atoms with Crippen molar-refractivity contribution in [1.82, 2.24) is 14.9 Å². The molecular formula is C20H25N3O3. The highest BCUT2D eigenvalue weighted by Gasteiger charge is 2.31. The zero-order valence-corrected chi connectivity index (χ0v) is 14.9. The lowest BCUT2D eigenvalue weighted by Crippen LogP contribution is -2.40. The third-order valence-electron chi connectivity index (χ3n) is 5.18. The predicted octanol–water partition coefficient (Wildman–Crippen LogP) is 3.00. The maximum absolute atomic E-state index is 12.5. The molecule has 1 fully saturated rings. The van der Waals surface area contributed by atoms with Crippen LogP contribution in [-0.2, 0) is 16.0 Å². The molecule has 3 heterocycles. The summed E-state index contributed by atoms with van der Waals surface area (Å²) in [5.41, 5.74) is 1.09. The molecule has 1 aliphatic heterocycles. The van der Waals surface area contributed by atoms with Crippen LogP contribution in [0.15, 0.2) is 41.4 Å². The SMILES string of the molecule is O=CCCC(c1ncco1)C1CCN(C(=O)CCc2cccnc2)CC1. The molecule has 0 bridgehead atoms. The summed E-state index contributed by atoms with van der Waals surface area (Å²) in [6.45, 7) is 1.52. The number of carbonyl (C=O) groups excluding carboxylic acids is 2. The average molecular weight is 355 g/mol. The predicted molar refractivity (Wildman–Crippen MR) is 96.4 cm³/mol. The summed E-state index contributed by atoms with van der Waals surface area (Å²) in [5, 5.41) is 0. The van der Waals surface area contributed by atoms with Crippen LogP contribution in [0.4, 0.5) is 0 Å². The first-order valence-corrected chi connectivity index (χ1v) is 9.27. The second-order valence-electron chi connectivity index (χ2n) is 6.80. The van der Waals surface area contributed by atoms with Crippen molar-refractivity contribution in [3.63, 3.8) is 0 Å². The topological polar surface area (TPSA) is 76.3 Å². The van der Waals surface area contributed by atoms with Crippen LogP contribution in [-0.4, -0.2) is 40.2 Å². The van der Waals surface area contributed by atoms with Crippen LogP contribution >= 0.6 is 0 Å². The molecule has 6 heteroatoms. The maximum Gasteiger partial charge on any atom is 0.222 e. The van der Waals surface area contributed by atoms with Gasteiger partial charge in [0.1, 0.15) is 12.5 Å². The molecule has 0 spiro atoms. The molecule has 0 aromatic carbocycles. The van der Waals surface area contributed by atoms with E-state index in [4.69, 9.17) is 4.42 Å². The smallest absolute Gasteiger partial charge is 0.222 e. The fourth-order valence-corrected chi connectivity index (χ4v) is 3.73. The number of hydrogen-bond acceptors (Lipinski definition) is 5. The van der Waals surface area contributed by atoms with E-state index in [0.29, 0.717) is 24.7 Å². The highest BCUT2D eigenvalue weighted by atomic mass is 16.3. The summed E-state index contributed by atoms with van der Waals surface area (Å²) >= 11 is 0. The lowest BCUT2D eigenvalue weighted by molar-refractivity contribution is -0.132. The van der Waals surface area contributed by atoms with Crippen molar-refractivity contribution in [2.45, 2.75) is 44.4 Å². The molecule has 1 aliphatic rings. The Morgan fingerprint density at radius 1 is 1.35 bits per heavy atom. The molecule has 2 aromatic heterocycles. The molecule has 138 valence electrons. The number of piperidine rings is 1. The van der Waals surface area contributed by atoms with E-state index in [1.165, 1.54) is 0 Å². The van der Waals surface area contributed by atoms with E-state index in [2.05, 4.69) is 9.97 Å². The highest BCUT2D eigenvalue weighted by Crippen LogP contribution is 2.35. The summed E-state index contributed by atoms with van der Waals surface area (Å²) in [6.07, 6.45) is 12.1. The molecule has 26 heavy (non-hydrogen) atoms. The molecule has 1 atom stereocenters. The van der Waals surface area contributed by atoms with Crippen LogP contribution in [0.2, 0.25) is 0 Å². The minimum atomic E-state index is 0.155. The van der Waals surface area contributed by atoms with Crippen molar-refractivity contribution >= 4 is 12.2 Å². The highest BCUT2D eigenvalue weighted by molar-refractivity contribution is 5.76. The van der Waals surface area contributed by atoms with Gasteiger partial charge < -0.3 is 14.1 Å². The van der Waals surface area contributed by atoms with E-state index in [1.54, 1.807) is 18.7 Å². The van der Waals surface area contributed by atoms with E-state index in [1.807, 2.05) is 23.2 Å². The van der Waals surface area contributed by atoms with Crippen molar-refractivity contribution in [3.05, 3.63) is 48.4 Å². The van der Waals surface area contributed by atoms with E-state index in [9.17, 15) is 9.59 Å². The van der Waals surface area contributed by atoms with Crippen LogP contribution in [0.1, 0.15) is 49.5 Å². The number of hydrogen-bond donors (Lipinski definition) is 0. The second-order valence-corrected chi connectivity index (χ2v) is 6.80. The number of nitrogens with zero attached hydrogens (tertiary/aromatic N) is 3. The summed E-state index contributed by atoms with van der Waals surface area (Å²) < 4.78 is 5.49. The van der Waals surface area contributed by atoms with Gasteiger partial charge in [-0.05, 0) is 43.2 Å². The minimum absolute atomic E-state index is 0.155. The molecule has 1 saturated heterocycles. The first-order chi connectivity index (χ1) is 12.8. The number of aryl methyl sites for hydroxylation is 1. The van der Waals surface area contributed by atoms with E-state index < -0.39 is 0 Å². The second kappa shape index (κ2) is 9.27. The van der Waals surface area contributed by atoms with Crippen molar-refractivity contribution in [1.29, 1.82) is 0 Å². The summed E-state index contributed by atoms with van der Waals surface area (Å²) in [5.74, 6) is 1.47. The van der Waals surface area contributed by atoms with Crippen molar-refractivity contribution in [2.24, 2.45) is 5.92 Å². The van der Waals surface area contributed by atoms with Gasteiger partial charge in [-0.2, -0.15) is 0 Å². The van der Waals surface area contributed by atoms with Crippen LogP contribution < -0.4 is 0 Å². The molecule has 0 aliphatic carbocycles. The number of carbonyl (C=O) groups is 2. The van der Waals surface area contributed by atoms with Crippen LogP contribution in [0.25, 0.3) is 0 Å². The van der Waals surface area contributed by atoms with Gasteiger partial charge in [-0.25, -0.2) is 4.98 Å². The maximum atomic E-state index is 12.5. The zero-order chi connectivity index (χ0) is 18.2. The van der Waals surface area contributed by atoms with Gasteiger partial charge in [0, 0.05) is 44.2 Å². The van der Waals surface area contributed by atoms with Gasteiger partial charge in [0.25, 0.3) is 0 Å². The van der Waals surface area contributed by atoms with Crippen LogP contribution in [0.5, 0.6) is 0 Å². The van der Waals surface area contributed by atoms with Gasteiger partial charge in [-0.1, -0.05) is 6.07 Å². The Balaban J connectivity index is 1.50. The number of aromatic nitrogens is 2. The number of pyridine rings is 1. The molecule has 3 rings (SSSR count). The number of aldehydes is 1. The van der Waals surface area contributed by atoms with Gasteiger partial charge in [0.2, 0.25) is 5.91 Å². The molecule has 0 radical (unpaired) electrons. The molecule has 1 unspecified atom stereocenters. The van der Waals surface area contributed by atoms with Crippen LogP contribution in [0.3, 0.4) is 0 Å². The normalized spacial score (nSPS) is 16.4. The van der Waals surface area contributed by atoms with Crippen molar-refractivity contribution in [2.75, 3.05) is 13.1 Å². The molecule has 0 N–H and O–H groups in total. The first-order valence-electron chi connectivity index (χ1n) is 9.27. The van der Waals surface area contributed by atoms with Crippen LogP contribution in [0, 0.1) is 5.92 Å². The number of rotatable bonds is 8. The van der Waals surface area contributed by atoms with Crippen molar-refractivity contribution in [3.8, 4) is 0 Å². The summed E-state index contributed by atoms with van der Waals surface area (Å²) in [7, 11) is 0. The Kier molecular flexibility index (Phi) is 6.52. The Labute approximate surface area is 153 Å². The molecule has 0 saturated carbocycles. The first kappa shape index (κ1) is 18.3. The quantitative estimate of drug-likeness (QED) is 0.680. The zero-order valence-electron chi connectivity index (χ0n) is 14.9. The Hall–Kier alpha value is -2.50. The third kappa shape index (κ3) is 4.77. The molecular weight excluding hydrogens is 330 g/mol. The monoisotopic (exact) mass is 355 g/mol. The number of amides is 1. The Bertz CT molecular complexity index is 680. The van der Waals surface area contributed by atoms with Gasteiger partial charge in [0.05, 0.1) is 6.20 Å². The van der Waals surface area contributed by atoms with Gasteiger partial charge in [0.15, 0.2) is 5.89 Å². The average Bonchev–Trinajstić information content (AvgIpc) is 3.22.